The number of nitrogens with one attached hydrogen (secondary N) is 1. The lowest BCUT2D eigenvalue weighted by molar-refractivity contribution is -0.139. The molecule has 1 saturated heterocycles. The van der Waals surface area contributed by atoms with Gasteiger partial charge in [0.05, 0.1) is 24.1 Å². The Morgan fingerprint density at radius 1 is 1.12 bits per heavy atom. The van der Waals surface area contributed by atoms with Crippen molar-refractivity contribution in [1.29, 1.82) is 0 Å². The predicted molar refractivity (Wildman–Crippen MR) is 178 cm³/mol. The normalized spacial score (nSPS) is 15.4. The number of hydrogen-bond donors (Lipinski definition) is 2. The van der Waals surface area contributed by atoms with Gasteiger partial charge in [-0.2, -0.15) is 13.2 Å². The highest BCUT2D eigenvalue weighted by Gasteiger charge is 2.36. The highest BCUT2D eigenvalue weighted by Crippen LogP contribution is 2.35. The lowest BCUT2D eigenvalue weighted by Crippen LogP contribution is -2.52. The Bertz CT molecular complexity index is 1870. The van der Waals surface area contributed by atoms with Crippen molar-refractivity contribution in [1.82, 2.24) is 24.2 Å². The number of aromatic nitrogens is 3. The van der Waals surface area contributed by atoms with E-state index in [1.54, 1.807) is 30.1 Å². The van der Waals surface area contributed by atoms with Crippen molar-refractivity contribution < 1.29 is 32.6 Å². The van der Waals surface area contributed by atoms with Crippen LogP contribution in [-0.2, 0) is 26.9 Å². The molecule has 0 saturated carbocycles. The minimum atomic E-state index is -4.76. The molecule has 0 bridgehead atoms. The number of alkyl halides is 3. The molecule has 1 aromatic carbocycles. The van der Waals surface area contributed by atoms with Crippen molar-refractivity contribution in [3.63, 3.8) is 0 Å². The number of aliphatic carboxylic acids is 1. The summed E-state index contributed by atoms with van der Waals surface area (Å²) in [6.07, 6.45) is 1.15. The monoisotopic (exact) mass is 681 g/mol. The molecule has 4 heterocycles. The number of pyridine rings is 2. The number of rotatable bonds is 13. The molecular formula is C36H42F3N5O5. The molecule has 5 rings (SSSR count). The highest BCUT2D eigenvalue weighted by molar-refractivity contribution is 5.84. The van der Waals surface area contributed by atoms with E-state index in [-0.39, 0.29) is 30.4 Å². The van der Waals surface area contributed by atoms with Crippen LogP contribution < -0.4 is 10.9 Å². The molecule has 1 amide bonds. The highest BCUT2D eigenvalue weighted by atomic mass is 19.4. The summed E-state index contributed by atoms with van der Waals surface area (Å²) in [4.78, 5) is 46.1. The number of carboxylic acid groups (broad SMARTS) is 1. The maximum Gasteiger partial charge on any atom is 0.416 e. The Morgan fingerprint density at radius 2 is 1.82 bits per heavy atom. The smallest absolute Gasteiger partial charge is 0.416 e. The van der Waals surface area contributed by atoms with E-state index in [1.165, 1.54) is 0 Å². The second-order valence-electron chi connectivity index (χ2n) is 13.2. The second kappa shape index (κ2) is 14.6. The van der Waals surface area contributed by atoms with Gasteiger partial charge in [-0.1, -0.05) is 32.0 Å². The SMILES string of the molecule is COC1CN(CCc2cn([C@H](CC(C)C)C(=O)N[C@H](CC(=O)O)c3cc(-c4c(C)cccc4C)c4nccn4c3)c(=O)cc2C(F)(F)F)C1. The predicted octanol–water partition coefficient (Wildman–Crippen LogP) is 5.59. The number of halogens is 3. The molecule has 0 radical (unpaired) electrons. The molecule has 2 N–H and O–H groups in total. The fraction of sp³-hybridized carbons (Fsp3) is 0.444. The zero-order valence-corrected chi connectivity index (χ0v) is 28.3. The number of carbonyl (C=O) groups is 2. The largest absolute Gasteiger partial charge is 0.481 e. The lowest BCUT2D eigenvalue weighted by atomic mass is 9.93. The van der Waals surface area contributed by atoms with E-state index in [0.717, 1.165) is 33.0 Å². The fourth-order valence-corrected chi connectivity index (χ4v) is 6.59. The zero-order chi connectivity index (χ0) is 35.6. The summed E-state index contributed by atoms with van der Waals surface area (Å²) >= 11 is 0. The van der Waals surface area contributed by atoms with Crippen LogP contribution in [0.2, 0.25) is 0 Å². The first-order valence-electron chi connectivity index (χ1n) is 16.3. The third kappa shape index (κ3) is 8.05. The summed E-state index contributed by atoms with van der Waals surface area (Å²) in [5.74, 6) is -1.96. The topological polar surface area (TPSA) is 118 Å². The van der Waals surface area contributed by atoms with Crippen molar-refractivity contribution in [2.45, 2.75) is 71.3 Å². The Kier molecular flexibility index (Phi) is 10.6. The molecule has 3 aromatic heterocycles. The number of likely N-dealkylation sites (tertiary alicyclic amines) is 1. The number of ether oxygens (including phenoxy) is 1. The number of benzene rings is 1. The van der Waals surface area contributed by atoms with E-state index >= 15 is 0 Å². The molecule has 1 fully saturated rings. The molecule has 1 aliphatic heterocycles. The van der Waals surface area contributed by atoms with E-state index in [9.17, 15) is 32.7 Å². The van der Waals surface area contributed by atoms with Crippen LogP contribution >= 0.6 is 0 Å². The van der Waals surface area contributed by atoms with E-state index in [2.05, 4.69) is 10.3 Å². The van der Waals surface area contributed by atoms with Crippen molar-refractivity contribution in [2.24, 2.45) is 5.92 Å². The van der Waals surface area contributed by atoms with Crippen LogP contribution in [0.4, 0.5) is 13.2 Å². The standard InChI is InChI=1S/C36H42F3N5O5/c1-21(2)13-30(44-18-24(9-11-42-19-26(20-42)49-5)28(15-31(44)45)36(37,38)39)35(48)41-29(16-32(46)47)25-14-27(34-40-10-12-43(34)17-25)33-22(3)7-6-8-23(33)4/h6-8,10,12,14-15,17-18,21,26,29-30H,9,11,13,16,19-20H2,1-5H3,(H,41,48)(H,46,47)/t29-,30-/m1/s1. The first-order chi connectivity index (χ1) is 23.2. The van der Waals surface area contributed by atoms with Gasteiger partial charge in [0.15, 0.2) is 0 Å². The quantitative estimate of drug-likeness (QED) is 0.189. The molecule has 2 atom stereocenters. The van der Waals surface area contributed by atoms with Crippen LogP contribution in [0.15, 0.2) is 59.9 Å². The minimum Gasteiger partial charge on any atom is -0.481 e. The second-order valence-corrected chi connectivity index (χ2v) is 13.2. The van der Waals surface area contributed by atoms with Gasteiger partial charge in [-0.3, -0.25) is 19.3 Å². The Morgan fingerprint density at radius 3 is 2.43 bits per heavy atom. The van der Waals surface area contributed by atoms with E-state index in [0.29, 0.717) is 36.9 Å². The van der Waals surface area contributed by atoms with Crippen LogP contribution in [0.1, 0.15) is 66.6 Å². The summed E-state index contributed by atoms with van der Waals surface area (Å²) < 4.78 is 50.4. The number of aryl methyl sites for hydroxylation is 2. The summed E-state index contributed by atoms with van der Waals surface area (Å²) in [7, 11) is 1.58. The lowest BCUT2D eigenvalue weighted by Gasteiger charge is -2.38. The van der Waals surface area contributed by atoms with E-state index in [4.69, 9.17) is 4.74 Å². The van der Waals surface area contributed by atoms with Crippen molar-refractivity contribution >= 4 is 17.5 Å². The van der Waals surface area contributed by atoms with Crippen LogP contribution in [0.3, 0.4) is 0 Å². The average molecular weight is 682 g/mol. The van der Waals surface area contributed by atoms with Gasteiger partial charge in [0.25, 0.3) is 5.56 Å². The molecule has 13 heteroatoms. The van der Waals surface area contributed by atoms with Gasteiger partial charge in [-0.25, -0.2) is 4.98 Å². The van der Waals surface area contributed by atoms with Gasteiger partial charge in [0, 0.05) is 63.2 Å². The van der Waals surface area contributed by atoms with E-state index in [1.807, 2.05) is 56.9 Å². The van der Waals surface area contributed by atoms with Crippen LogP contribution in [0.25, 0.3) is 16.8 Å². The zero-order valence-electron chi connectivity index (χ0n) is 28.3. The molecule has 49 heavy (non-hydrogen) atoms. The number of imidazole rings is 1. The van der Waals surface area contributed by atoms with Crippen LogP contribution in [0, 0.1) is 19.8 Å². The number of amides is 1. The molecule has 0 spiro atoms. The summed E-state index contributed by atoms with van der Waals surface area (Å²) in [6.45, 7) is 9.13. The number of carboxylic acids is 1. The first-order valence-corrected chi connectivity index (χ1v) is 16.3. The van der Waals surface area contributed by atoms with Gasteiger partial charge in [0.1, 0.15) is 11.7 Å². The van der Waals surface area contributed by atoms with Crippen LogP contribution in [-0.4, -0.2) is 68.7 Å². The van der Waals surface area contributed by atoms with Crippen molar-refractivity contribution in [3.8, 4) is 11.1 Å². The molecule has 0 unspecified atom stereocenters. The Hall–Kier alpha value is -4.49. The number of methoxy groups -OCH3 is 1. The van der Waals surface area contributed by atoms with Crippen molar-refractivity contribution in [2.75, 3.05) is 26.7 Å². The van der Waals surface area contributed by atoms with Gasteiger partial charge in [-0.15, -0.1) is 0 Å². The summed E-state index contributed by atoms with van der Waals surface area (Å²) in [5.41, 5.74) is 2.71. The van der Waals surface area contributed by atoms with Gasteiger partial charge >= 0.3 is 12.1 Å². The summed E-state index contributed by atoms with van der Waals surface area (Å²) in [5, 5.41) is 12.8. The molecule has 10 nitrogen and oxygen atoms in total. The Labute approximate surface area is 282 Å². The maximum atomic E-state index is 14.1. The number of carbonyl (C=O) groups excluding carboxylic acids is 1. The summed E-state index contributed by atoms with van der Waals surface area (Å²) in [6, 6.07) is 6.03. The third-order valence-electron chi connectivity index (χ3n) is 9.11. The van der Waals surface area contributed by atoms with Gasteiger partial charge in [0.2, 0.25) is 5.91 Å². The van der Waals surface area contributed by atoms with Crippen LogP contribution in [0.5, 0.6) is 0 Å². The van der Waals surface area contributed by atoms with Gasteiger partial charge < -0.3 is 24.1 Å². The van der Waals surface area contributed by atoms with Gasteiger partial charge in [-0.05, 0) is 66.5 Å². The molecule has 1 aliphatic rings. The van der Waals surface area contributed by atoms with E-state index < -0.39 is 47.7 Å². The first kappa shape index (κ1) is 35.8. The average Bonchev–Trinajstić information content (AvgIpc) is 3.47. The molecular weight excluding hydrogens is 639 g/mol. The van der Waals surface area contributed by atoms with Crippen molar-refractivity contribution in [3.05, 3.63) is 93.3 Å². The third-order valence-corrected chi connectivity index (χ3v) is 9.11. The molecule has 0 aliphatic carbocycles. The Balaban J connectivity index is 1.53. The fourth-order valence-electron chi connectivity index (χ4n) is 6.59. The molecule has 262 valence electrons. The minimum absolute atomic E-state index is 0.00916. The number of hydrogen-bond acceptors (Lipinski definition) is 6. The number of nitrogens with zero attached hydrogens (tertiary/aromatic N) is 4. The molecule has 4 aromatic rings. The maximum absolute atomic E-state index is 14.1. The number of fused-ring (bicyclic) bond motifs is 1.